The maximum atomic E-state index is 10.4. The van der Waals surface area contributed by atoms with Gasteiger partial charge in [-0.2, -0.15) is 4.21 Å². The van der Waals surface area contributed by atoms with Gasteiger partial charge in [-0.1, -0.05) is 24.3 Å². The van der Waals surface area contributed by atoms with Crippen molar-refractivity contribution in [3.8, 4) is 0 Å². The lowest BCUT2D eigenvalue weighted by atomic mass is 10.1. The molecule has 4 heteroatoms. The van der Waals surface area contributed by atoms with Gasteiger partial charge >= 0.3 is 11.4 Å². The first-order valence-corrected chi connectivity index (χ1v) is 4.98. The van der Waals surface area contributed by atoms with Crippen LogP contribution in [0.25, 0.3) is 0 Å². The van der Waals surface area contributed by atoms with Gasteiger partial charge in [0, 0.05) is 0 Å². The van der Waals surface area contributed by atoms with Crippen molar-refractivity contribution in [2.24, 2.45) is 0 Å². The van der Waals surface area contributed by atoms with Gasteiger partial charge in [-0.05, 0) is 25.0 Å². The van der Waals surface area contributed by atoms with E-state index in [1.54, 1.807) is 6.92 Å². The van der Waals surface area contributed by atoms with Crippen LogP contribution in [-0.2, 0) is 15.5 Å². The minimum absolute atomic E-state index is 0.355. The molecule has 0 aliphatic heterocycles. The van der Waals surface area contributed by atoms with Gasteiger partial charge in [0.15, 0.2) is 0 Å². The van der Waals surface area contributed by atoms with Crippen LogP contribution in [0.1, 0.15) is 24.2 Å². The molecule has 0 aromatic heterocycles. The number of hydrogen-bond donors (Lipinski definition) is 1. The molecule has 2 atom stereocenters. The Kier molecular flexibility index (Phi) is 3.59. The molecule has 0 fully saturated rings. The van der Waals surface area contributed by atoms with E-state index >= 15 is 0 Å². The highest BCUT2D eigenvalue weighted by Crippen LogP contribution is 2.20. The van der Waals surface area contributed by atoms with E-state index in [2.05, 4.69) is 0 Å². The molecule has 0 saturated carbocycles. The van der Waals surface area contributed by atoms with Crippen molar-refractivity contribution in [2.45, 2.75) is 20.0 Å². The topological polar surface area (TPSA) is 46.5 Å². The summed E-state index contributed by atoms with van der Waals surface area (Å²) in [4.78, 5) is 0. The van der Waals surface area contributed by atoms with E-state index in [0.717, 1.165) is 11.1 Å². The molecule has 0 radical (unpaired) electrons. The minimum Gasteiger partial charge on any atom is -0.284 e. The van der Waals surface area contributed by atoms with E-state index in [1.807, 2.05) is 31.2 Å². The third-order valence-corrected chi connectivity index (χ3v) is 2.31. The third-order valence-electron chi connectivity index (χ3n) is 1.85. The second-order valence-electron chi connectivity index (χ2n) is 2.81. The molecule has 2 unspecified atom stereocenters. The zero-order valence-electron chi connectivity index (χ0n) is 7.56. The zero-order chi connectivity index (χ0) is 9.84. The second-order valence-corrected chi connectivity index (χ2v) is 3.44. The zero-order valence-corrected chi connectivity index (χ0v) is 8.38. The lowest BCUT2D eigenvalue weighted by Crippen LogP contribution is -2.03. The van der Waals surface area contributed by atoms with E-state index in [9.17, 15) is 4.21 Å². The fourth-order valence-corrected chi connectivity index (χ4v) is 1.57. The molecule has 0 spiro atoms. The Morgan fingerprint density at radius 1 is 1.46 bits per heavy atom. The first-order valence-electron chi connectivity index (χ1n) is 3.94. The molecule has 1 aromatic rings. The summed E-state index contributed by atoms with van der Waals surface area (Å²) in [6.45, 7) is 3.69. The van der Waals surface area contributed by atoms with Crippen LogP contribution in [-0.4, -0.2) is 8.76 Å². The van der Waals surface area contributed by atoms with Gasteiger partial charge in [0.2, 0.25) is 0 Å². The van der Waals surface area contributed by atoms with Crippen LogP contribution < -0.4 is 0 Å². The van der Waals surface area contributed by atoms with E-state index in [4.69, 9.17) is 8.74 Å². The number of aryl methyl sites for hydroxylation is 1. The lowest BCUT2D eigenvalue weighted by molar-refractivity contribution is 0.226. The van der Waals surface area contributed by atoms with Gasteiger partial charge < -0.3 is 0 Å². The predicted molar refractivity (Wildman–Crippen MR) is 51.5 cm³/mol. The van der Waals surface area contributed by atoms with Crippen molar-refractivity contribution < 1.29 is 12.9 Å². The van der Waals surface area contributed by atoms with Gasteiger partial charge in [-0.15, -0.1) is 0 Å². The van der Waals surface area contributed by atoms with E-state index < -0.39 is 11.4 Å². The molecular weight excluding hydrogens is 188 g/mol. The summed E-state index contributed by atoms with van der Waals surface area (Å²) in [5, 5.41) is 0. The SMILES string of the molecule is Cc1ccccc1C(C)OS(=O)O. The molecule has 0 heterocycles. The second kappa shape index (κ2) is 4.50. The Morgan fingerprint density at radius 2 is 2.08 bits per heavy atom. The van der Waals surface area contributed by atoms with E-state index in [0.29, 0.717) is 0 Å². The Hall–Kier alpha value is -0.710. The summed E-state index contributed by atoms with van der Waals surface area (Å²) in [6, 6.07) is 7.62. The Morgan fingerprint density at radius 3 is 2.62 bits per heavy atom. The number of benzene rings is 1. The number of rotatable bonds is 3. The van der Waals surface area contributed by atoms with E-state index in [1.165, 1.54) is 0 Å². The average Bonchev–Trinajstić information content (AvgIpc) is 2.03. The quantitative estimate of drug-likeness (QED) is 0.761. The molecule has 1 N–H and O–H groups in total. The van der Waals surface area contributed by atoms with Crippen molar-refractivity contribution in [3.05, 3.63) is 35.4 Å². The van der Waals surface area contributed by atoms with Crippen LogP contribution in [0.2, 0.25) is 0 Å². The summed E-state index contributed by atoms with van der Waals surface area (Å²) in [6.07, 6.45) is -0.355. The molecule has 1 aromatic carbocycles. The molecule has 0 saturated heterocycles. The van der Waals surface area contributed by atoms with Gasteiger partial charge in [0.1, 0.15) is 0 Å². The monoisotopic (exact) mass is 200 g/mol. The first kappa shape index (κ1) is 10.4. The van der Waals surface area contributed by atoms with Gasteiger partial charge in [0.25, 0.3) is 0 Å². The summed E-state index contributed by atoms with van der Waals surface area (Å²) in [5.41, 5.74) is 1.99. The molecule has 0 bridgehead atoms. The summed E-state index contributed by atoms with van der Waals surface area (Å²) >= 11 is -2.20. The molecule has 0 aliphatic carbocycles. The maximum Gasteiger partial charge on any atom is 0.302 e. The Bertz CT molecular complexity index is 311. The molecule has 0 aliphatic rings. The summed E-state index contributed by atoms with van der Waals surface area (Å²) in [7, 11) is 0. The lowest BCUT2D eigenvalue weighted by Gasteiger charge is -2.11. The van der Waals surface area contributed by atoms with Crippen molar-refractivity contribution in [2.75, 3.05) is 0 Å². The highest BCUT2D eigenvalue weighted by molar-refractivity contribution is 7.74. The molecule has 0 amide bonds. The van der Waals surface area contributed by atoms with Gasteiger partial charge in [-0.25, -0.2) is 0 Å². The maximum absolute atomic E-state index is 10.4. The summed E-state index contributed by atoms with van der Waals surface area (Å²) < 4.78 is 23.7. The van der Waals surface area contributed by atoms with Crippen molar-refractivity contribution in [1.82, 2.24) is 0 Å². The molecule has 3 nitrogen and oxygen atoms in total. The van der Waals surface area contributed by atoms with Crippen LogP contribution in [0.3, 0.4) is 0 Å². The van der Waals surface area contributed by atoms with Crippen LogP contribution in [0.4, 0.5) is 0 Å². The standard InChI is InChI=1S/C9H12O3S/c1-7-5-3-4-6-9(7)8(2)12-13(10)11/h3-6,8H,1-2H3,(H,10,11). The largest absolute Gasteiger partial charge is 0.302 e. The van der Waals surface area contributed by atoms with Crippen LogP contribution in [0, 0.1) is 6.92 Å². The van der Waals surface area contributed by atoms with Crippen LogP contribution in [0.15, 0.2) is 24.3 Å². The minimum atomic E-state index is -2.20. The molecular formula is C9H12O3S. The van der Waals surface area contributed by atoms with Gasteiger partial charge in [-0.3, -0.25) is 8.74 Å². The summed E-state index contributed by atoms with van der Waals surface area (Å²) in [5.74, 6) is 0. The first-order chi connectivity index (χ1) is 6.11. The Balaban J connectivity index is 2.82. The fraction of sp³-hybridized carbons (Fsp3) is 0.333. The van der Waals surface area contributed by atoms with E-state index in [-0.39, 0.29) is 6.10 Å². The third kappa shape index (κ3) is 2.91. The normalized spacial score (nSPS) is 15.3. The predicted octanol–water partition coefficient (Wildman–Crippen LogP) is 2.21. The fourth-order valence-electron chi connectivity index (χ4n) is 1.22. The smallest absolute Gasteiger partial charge is 0.284 e. The average molecular weight is 200 g/mol. The van der Waals surface area contributed by atoms with Gasteiger partial charge in [0.05, 0.1) is 6.10 Å². The molecule has 1 rings (SSSR count). The highest BCUT2D eigenvalue weighted by Gasteiger charge is 2.10. The molecule has 72 valence electrons. The Labute approximate surface area is 80.2 Å². The van der Waals surface area contributed by atoms with Crippen molar-refractivity contribution in [1.29, 1.82) is 0 Å². The highest BCUT2D eigenvalue weighted by atomic mass is 32.2. The van der Waals surface area contributed by atoms with Crippen molar-refractivity contribution >= 4 is 11.4 Å². The van der Waals surface area contributed by atoms with Crippen LogP contribution in [0.5, 0.6) is 0 Å². The van der Waals surface area contributed by atoms with Crippen molar-refractivity contribution in [3.63, 3.8) is 0 Å². The number of hydrogen-bond acceptors (Lipinski definition) is 2. The molecule has 13 heavy (non-hydrogen) atoms. The van der Waals surface area contributed by atoms with Crippen LogP contribution >= 0.6 is 0 Å².